The first-order chi connectivity index (χ1) is 14.6. The number of pyridine rings is 1. The van der Waals surface area contributed by atoms with Crippen LogP contribution >= 0.6 is 24.0 Å². The largest absolute Gasteiger partial charge is 0.493 e. The molecule has 0 saturated carbocycles. The summed E-state index contributed by atoms with van der Waals surface area (Å²) in [6, 6.07) is 10.8. The van der Waals surface area contributed by atoms with E-state index < -0.39 is 0 Å². The number of methoxy groups -OCH3 is 1. The van der Waals surface area contributed by atoms with Gasteiger partial charge in [-0.15, -0.1) is 24.0 Å². The third-order valence-electron chi connectivity index (χ3n) is 4.82. The number of rotatable bonds is 8. The number of halogens is 2. The normalized spacial score (nSPS) is 17.0. The van der Waals surface area contributed by atoms with Gasteiger partial charge in [-0.2, -0.15) is 0 Å². The highest BCUT2D eigenvalue weighted by molar-refractivity contribution is 14.0. The van der Waals surface area contributed by atoms with Crippen LogP contribution < -0.4 is 25.0 Å². The maximum absolute atomic E-state index is 14.0. The van der Waals surface area contributed by atoms with Crippen LogP contribution in [0.4, 0.5) is 10.2 Å². The van der Waals surface area contributed by atoms with E-state index in [1.807, 2.05) is 43.0 Å². The van der Waals surface area contributed by atoms with Crippen molar-refractivity contribution in [3.63, 3.8) is 0 Å². The fourth-order valence-corrected chi connectivity index (χ4v) is 3.38. The molecule has 3 rings (SSSR count). The summed E-state index contributed by atoms with van der Waals surface area (Å²) < 4.78 is 25.3. The van der Waals surface area contributed by atoms with E-state index in [2.05, 4.69) is 20.6 Å². The Labute approximate surface area is 200 Å². The molecule has 9 heteroatoms. The molecule has 2 aromatic rings. The minimum Gasteiger partial charge on any atom is -0.493 e. The van der Waals surface area contributed by atoms with Crippen LogP contribution in [0.5, 0.6) is 11.5 Å². The van der Waals surface area contributed by atoms with E-state index in [0.29, 0.717) is 30.4 Å². The summed E-state index contributed by atoms with van der Waals surface area (Å²) in [4.78, 5) is 10.8. The van der Waals surface area contributed by atoms with Crippen molar-refractivity contribution in [2.24, 2.45) is 4.99 Å². The monoisotopic (exact) mass is 543 g/mol. The Morgan fingerprint density at radius 2 is 2.06 bits per heavy atom. The molecule has 1 aromatic heterocycles. The average Bonchev–Trinajstić information content (AvgIpc) is 3.21. The highest BCUT2D eigenvalue weighted by Crippen LogP contribution is 2.26. The second-order valence-electron chi connectivity index (χ2n) is 7.18. The van der Waals surface area contributed by atoms with Gasteiger partial charge in [0.2, 0.25) is 0 Å². The maximum Gasteiger partial charge on any atom is 0.191 e. The first-order valence-electron chi connectivity index (χ1n) is 10.3. The summed E-state index contributed by atoms with van der Waals surface area (Å²) in [5, 5.41) is 6.71. The molecule has 0 spiro atoms. The van der Waals surface area contributed by atoms with Gasteiger partial charge >= 0.3 is 0 Å². The zero-order valence-electron chi connectivity index (χ0n) is 18.2. The van der Waals surface area contributed by atoms with Gasteiger partial charge in [0.05, 0.1) is 13.7 Å². The van der Waals surface area contributed by atoms with Gasteiger partial charge in [-0.1, -0.05) is 12.1 Å². The van der Waals surface area contributed by atoms with Crippen molar-refractivity contribution in [1.82, 2.24) is 15.6 Å². The van der Waals surface area contributed by atoms with E-state index in [1.165, 1.54) is 6.07 Å². The molecule has 31 heavy (non-hydrogen) atoms. The number of nitrogens with zero attached hydrogens (tertiary/aromatic N) is 3. The summed E-state index contributed by atoms with van der Waals surface area (Å²) in [5.74, 6) is 2.24. The lowest BCUT2D eigenvalue weighted by Gasteiger charge is -2.20. The topological polar surface area (TPSA) is 71.0 Å². The summed E-state index contributed by atoms with van der Waals surface area (Å²) in [7, 11) is 1.62. The van der Waals surface area contributed by atoms with E-state index in [4.69, 9.17) is 9.47 Å². The third kappa shape index (κ3) is 7.12. The molecular formula is C22H31FIN5O2. The van der Waals surface area contributed by atoms with E-state index in [9.17, 15) is 4.39 Å². The molecule has 0 amide bonds. The minimum atomic E-state index is -0.291. The highest BCUT2D eigenvalue weighted by Gasteiger charge is 2.26. The van der Waals surface area contributed by atoms with Gasteiger partial charge in [0.15, 0.2) is 29.1 Å². The zero-order chi connectivity index (χ0) is 21.3. The number of guanidine groups is 1. The lowest BCUT2D eigenvalue weighted by molar-refractivity contribution is 0.219. The number of hydrogen-bond donors (Lipinski definition) is 2. The van der Waals surface area contributed by atoms with Crippen LogP contribution in [0.2, 0.25) is 0 Å². The summed E-state index contributed by atoms with van der Waals surface area (Å²) in [6.45, 7) is 6.65. The number of aromatic nitrogens is 1. The first-order valence-corrected chi connectivity index (χ1v) is 10.3. The SMILES string of the molecule is CCNC(=NCC(C)Oc1ccccc1OC)NC1CCN(c2ncccc2F)C1.I. The van der Waals surface area contributed by atoms with E-state index >= 15 is 0 Å². The second kappa shape index (κ2) is 12.5. The lowest BCUT2D eigenvalue weighted by atomic mass is 10.3. The van der Waals surface area contributed by atoms with Crippen molar-refractivity contribution >= 4 is 35.8 Å². The highest BCUT2D eigenvalue weighted by atomic mass is 127. The van der Waals surface area contributed by atoms with Crippen molar-refractivity contribution in [2.75, 3.05) is 38.2 Å². The predicted octanol–water partition coefficient (Wildman–Crippen LogP) is 3.45. The fraction of sp³-hybridized carbons (Fsp3) is 0.455. The lowest BCUT2D eigenvalue weighted by Crippen LogP contribution is -2.45. The number of benzene rings is 1. The van der Waals surface area contributed by atoms with Gasteiger partial charge in [0, 0.05) is 31.9 Å². The minimum absolute atomic E-state index is 0. The van der Waals surface area contributed by atoms with Gasteiger partial charge in [-0.05, 0) is 44.5 Å². The molecule has 2 heterocycles. The maximum atomic E-state index is 14.0. The number of aliphatic imine (C=N–C) groups is 1. The predicted molar refractivity (Wildman–Crippen MR) is 132 cm³/mol. The molecule has 1 aliphatic heterocycles. The molecule has 1 fully saturated rings. The standard InChI is InChI=1S/C22H30FN5O2.HI/c1-4-24-22(26-14-16(2)30-20-10-6-5-9-19(20)29-3)27-17-11-13-28(15-17)21-18(23)8-7-12-25-21;/h5-10,12,16-17H,4,11,13-15H2,1-3H3,(H2,24,26,27);1H. The summed E-state index contributed by atoms with van der Waals surface area (Å²) in [6.07, 6.45) is 2.38. The zero-order valence-corrected chi connectivity index (χ0v) is 20.5. The van der Waals surface area contributed by atoms with Crippen molar-refractivity contribution in [3.05, 3.63) is 48.4 Å². The quantitative estimate of drug-likeness (QED) is 0.302. The van der Waals surface area contributed by atoms with Crippen LogP contribution in [0.1, 0.15) is 20.3 Å². The van der Waals surface area contributed by atoms with Crippen LogP contribution in [0.25, 0.3) is 0 Å². The van der Waals surface area contributed by atoms with Crippen LogP contribution in [0, 0.1) is 5.82 Å². The van der Waals surface area contributed by atoms with Gasteiger partial charge in [-0.25, -0.2) is 14.4 Å². The van der Waals surface area contributed by atoms with Crippen molar-refractivity contribution in [1.29, 1.82) is 0 Å². The summed E-state index contributed by atoms with van der Waals surface area (Å²) >= 11 is 0. The molecule has 1 aromatic carbocycles. The Balaban J connectivity index is 0.00000341. The molecule has 0 radical (unpaired) electrons. The Kier molecular flexibility index (Phi) is 10.1. The Bertz CT molecular complexity index is 854. The van der Waals surface area contributed by atoms with Crippen LogP contribution in [-0.4, -0.2) is 56.4 Å². The van der Waals surface area contributed by atoms with Gasteiger partial charge in [-0.3, -0.25) is 0 Å². The summed E-state index contributed by atoms with van der Waals surface area (Å²) in [5.41, 5.74) is 0. The Morgan fingerprint density at radius 3 is 2.77 bits per heavy atom. The molecule has 7 nitrogen and oxygen atoms in total. The van der Waals surface area contributed by atoms with Crippen LogP contribution in [0.3, 0.4) is 0 Å². The van der Waals surface area contributed by atoms with Crippen molar-refractivity contribution < 1.29 is 13.9 Å². The molecule has 2 unspecified atom stereocenters. The number of nitrogens with one attached hydrogen (secondary N) is 2. The van der Waals surface area contributed by atoms with E-state index in [0.717, 1.165) is 25.5 Å². The molecule has 2 N–H and O–H groups in total. The number of hydrogen-bond acceptors (Lipinski definition) is 5. The number of ether oxygens (including phenoxy) is 2. The van der Waals surface area contributed by atoms with Crippen LogP contribution in [-0.2, 0) is 0 Å². The first kappa shape index (κ1) is 25.0. The molecule has 1 aliphatic rings. The third-order valence-corrected chi connectivity index (χ3v) is 4.82. The molecular weight excluding hydrogens is 512 g/mol. The number of para-hydroxylation sites is 2. The molecule has 2 atom stereocenters. The van der Waals surface area contributed by atoms with Crippen LogP contribution in [0.15, 0.2) is 47.6 Å². The Hall–Kier alpha value is -2.30. The van der Waals surface area contributed by atoms with Gasteiger partial charge < -0.3 is 25.0 Å². The van der Waals surface area contributed by atoms with Gasteiger partial charge in [0.1, 0.15) is 6.10 Å². The molecule has 170 valence electrons. The smallest absolute Gasteiger partial charge is 0.191 e. The molecule has 0 bridgehead atoms. The van der Waals surface area contributed by atoms with Crippen molar-refractivity contribution in [2.45, 2.75) is 32.4 Å². The average molecular weight is 543 g/mol. The molecule has 0 aliphatic carbocycles. The fourth-order valence-electron chi connectivity index (χ4n) is 3.38. The molecule has 1 saturated heterocycles. The Morgan fingerprint density at radius 1 is 1.29 bits per heavy atom. The van der Waals surface area contributed by atoms with Crippen molar-refractivity contribution in [3.8, 4) is 11.5 Å². The second-order valence-corrected chi connectivity index (χ2v) is 7.18. The van der Waals surface area contributed by atoms with E-state index in [-0.39, 0.29) is 41.9 Å². The number of anilines is 1. The van der Waals surface area contributed by atoms with Gasteiger partial charge in [0.25, 0.3) is 0 Å². The van der Waals surface area contributed by atoms with E-state index in [1.54, 1.807) is 19.4 Å².